The smallest absolute Gasteiger partial charge is 0.137 e. The first-order valence-corrected chi connectivity index (χ1v) is 5.65. The molecule has 0 saturated heterocycles. The minimum Gasteiger partial charge on any atom is -0.504 e. The number of hydrogen-bond donors (Lipinski definition) is 0. The fourth-order valence-electron chi connectivity index (χ4n) is 1.31. The maximum Gasteiger partial charge on any atom is 0.137 e. The van der Waals surface area contributed by atoms with Crippen LogP contribution in [-0.2, 0) is 9.47 Å². The largest absolute Gasteiger partial charge is 0.504 e. The lowest BCUT2D eigenvalue weighted by Gasteiger charge is -2.07. The second-order valence-electron chi connectivity index (χ2n) is 3.37. The molecule has 0 spiro atoms. The lowest BCUT2D eigenvalue weighted by molar-refractivity contribution is 0.340. The van der Waals surface area contributed by atoms with Crippen molar-refractivity contribution in [3.05, 3.63) is 61.0 Å². The average molecular weight is 259 g/mol. The van der Waals surface area contributed by atoms with Gasteiger partial charge in [-0.2, -0.15) is 0 Å². The van der Waals surface area contributed by atoms with Crippen molar-refractivity contribution in [1.82, 2.24) is 4.98 Å². The van der Waals surface area contributed by atoms with Gasteiger partial charge in [0, 0.05) is 11.8 Å². The SMILES string of the molecule is C=C/C=C/Oc1ccnc(/C=C/OC)c1/C=C/OC. The first kappa shape index (κ1) is 14.6. The van der Waals surface area contributed by atoms with E-state index in [4.69, 9.17) is 14.2 Å². The Morgan fingerprint density at radius 1 is 1.11 bits per heavy atom. The molecule has 0 aliphatic rings. The van der Waals surface area contributed by atoms with Gasteiger partial charge in [0.25, 0.3) is 0 Å². The number of allylic oxidation sites excluding steroid dienone is 2. The lowest BCUT2D eigenvalue weighted by atomic mass is 10.1. The zero-order chi connectivity index (χ0) is 13.9. The van der Waals surface area contributed by atoms with Crippen LogP contribution < -0.4 is 4.74 Å². The number of pyridine rings is 1. The molecule has 0 aromatic carbocycles. The molecule has 0 bridgehead atoms. The minimum absolute atomic E-state index is 0.664. The summed E-state index contributed by atoms with van der Waals surface area (Å²) in [4.78, 5) is 4.26. The van der Waals surface area contributed by atoms with Crippen LogP contribution in [0.1, 0.15) is 11.3 Å². The molecule has 100 valence electrons. The van der Waals surface area contributed by atoms with Gasteiger partial charge in [0.2, 0.25) is 0 Å². The number of methoxy groups -OCH3 is 2. The Morgan fingerprint density at radius 2 is 1.84 bits per heavy atom. The molecule has 0 aliphatic carbocycles. The molecule has 0 unspecified atom stereocenters. The van der Waals surface area contributed by atoms with E-state index in [1.165, 1.54) is 0 Å². The van der Waals surface area contributed by atoms with Crippen LogP contribution >= 0.6 is 0 Å². The molecule has 1 rings (SSSR count). The fourth-order valence-corrected chi connectivity index (χ4v) is 1.31. The van der Waals surface area contributed by atoms with Crippen LogP contribution in [0.15, 0.2) is 49.8 Å². The van der Waals surface area contributed by atoms with Gasteiger partial charge in [0.05, 0.1) is 38.7 Å². The van der Waals surface area contributed by atoms with E-state index in [0.717, 1.165) is 11.3 Å². The predicted octanol–water partition coefficient (Wildman–Crippen LogP) is 3.39. The molecule has 0 amide bonds. The van der Waals surface area contributed by atoms with E-state index in [1.807, 2.05) is 0 Å². The highest BCUT2D eigenvalue weighted by Gasteiger charge is 2.05. The van der Waals surface area contributed by atoms with Crippen molar-refractivity contribution in [2.75, 3.05) is 14.2 Å². The molecule has 0 radical (unpaired) electrons. The van der Waals surface area contributed by atoms with Crippen LogP contribution in [0, 0.1) is 0 Å². The molecule has 19 heavy (non-hydrogen) atoms. The molecule has 0 aliphatic heterocycles. The third-order valence-electron chi connectivity index (χ3n) is 2.12. The van der Waals surface area contributed by atoms with Crippen molar-refractivity contribution in [3.63, 3.8) is 0 Å². The van der Waals surface area contributed by atoms with E-state index in [0.29, 0.717) is 5.75 Å². The van der Waals surface area contributed by atoms with Crippen molar-refractivity contribution >= 4 is 12.2 Å². The Hall–Kier alpha value is -2.49. The van der Waals surface area contributed by atoms with Gasteiger partial charge < -0.3 is 14.2 Å². The summed E-state index contributed by atoms with van der Waals surface area (Å²) in [5.74, 6) is 0.664. The Labute approximate surface area is 113 Å². The van der Waals surface area contributed by atoms with Crippen LogP contribution in [0.25, 0.3) is 12.2 Å². The highest BCUT2D eigenvalue weighted by Crippen LogP contribution is 2.23. The van der Waals surface area contributed by atoms with E-state index >= 15 is 0 Å². The van der Waals surface area contributed by atoms with Crippen molar-refractivity contribution in [1.29, 1.82) is 0 Å². The average Bonchev–Trinajstić information content (AvgIpc) is 2.44. The van der Waals surface area contributed by atoms with Crippen molar-refractivity contribution in [2.24, 2.45) is 0 Å². The Morgan fingerprint density at radius 3 is 2.53 bits per heavy atom. The Kier molecular flexibility index (Phi) is 6.58. The molecule has 1 aromatic heterocycles. The number of rotatable bonds is 7. The summed E-state index contributed by atoms with van der Waals surface area (Å²) in [6.45, 7) is 3.58. The number of nitrogens with zero attached hydrogens (tertiary/aromatic N) is 1. The van der Waals surface area contributed by atoms with Crippen molar-refractivity contribution in [3.8, 4) is 5.75 Å². The number of aromatic nitrogens is 1. The Balaban J connectivity index is 3.13. The molecule has 0 fully saturated rings. The zero-order valence-corrected chi connectivity index (χ0v) is 11.1. The Bertz CT molecular complexity index is 490. The topological polar surface area (TPSA) is 40.6 Å². The highest BCUT2D eigenvalue weighted by atomic mass is 16.5. The summed E-state index contributed by atoms with van der Waals surface area (Å²) in [5, 5.41) is 0. The summed E-state index contributed by atoms with van der Waals surface area (Å²) < 4.78 is 15.4. The van der Waals surface area contributed by atoms with Gasteiger partial charge in [-0.3, -0.25) is 4.98 Å². The molecule has 1 aromatic rings. The van der Waals surface area contributed by atoms with Gasteiger partial charge >= 0.3 is 0 Å². The molecule has 1 heterocycles. The summed E-state index contributed by atoms with van der Waals surface area (Å²) in [6, 6.07) is 1.77. The van der Waals surface area contributed by atoms with Gasteiger partial charge in [-0.25, -0.2) is 0 Å². The van der Waals surface area contributed by atoms with Gasteiger partial charge in [0.1, 0.15) is 5.75 Å². The summed E-state index contributed by atoms with van der Waals surface area (Å²) >= 11 is 0. The van der Waals surface area contributed by atoms with Gasteiger partial charge in [0.15, 0.2) is 0 Å². The second kappa shape index (κ2) is 8.58. The first-order valence-electron chi connectivity index (χ1n) is 5.65. The van der Waals surface area contributed by atoms with Crippen molar-refractivity contribution < 1.29 is 14.2 Å². The van der Waals surface area contributed by atoms with E-state index in [-0.39, 0.29) is 0 Å². The molecule has 4 heteroatoms. The molecular weight excluding hydrogens is 242 g/mol. The third-order valence-corrected chi connectivity index (χ3v) is 2.12. The summed E-state index contributed by atoms with van der Waals surface area (Å²) in [5.41, 5.74) is 1.52. The van der Waals surface area contributed by atoms with E-state index in [2.05, 4.69) is 11.6 Å². The normalized spacial score (nSPS) is 11.3. The summed E-state index contributed by atoms with van der Waals surface area (Å²) in [7, 11) is 3.16. The molecule has 0 atom stereocenters. The van der Waals surface area contributed by atoms with E-state index in [9.17, 15) is 0 Å². The first-order chi connectivity index (χ1) is 9.33. The molecular formula is C15H17NO3. The van der Waals surface area contributed by atoms with Crippen LogP contribution in [0.5, 0.6) is 5.75 Å². The third kappa shape index (κ3) is 4.71. The minimum atomic E-state index is 0.664. The monoisotopic (exact) mass is 259 g/mol. The van der Waals surface area contributed by atoms with Gasteiger partial charge in [-0.15, -0.1) is 0 Å². The number of ether oxygens (including phenoxy) is 3. The maximum absolute atomic E-state index is 5.52. The van der Waals surface area contributed by atoms with Gasteiger partial charge in [-0.1, -0.05) is 12.7 Å². The molecule has 0 N–H and O–H groups in total. The standard InChI is InChI=1S/C15H17NO3/c1-4-5-10-19-15-6-9-16-14(8-12-18-3)13(15)7-11-17-2/h4-12H,1H2,2-3H3/b10-5+,11-7+,12-8+. The van der Waals surface area contributed by atoms with E-state index < -0.39 is 0 Å². The zero-order valence-electron chi connectivity index (χ0n) is 11.1. The van der Waals surface area contributed by atoms with E-state index in [1.54, 1.807) is 69.6 Å². The van der Waals surface area contributed by atoms with Crippen LogP contribution in [0.4, 0.5) is 0 Å². The second-order valence-corrected chi connectivity index (χ2v) is 3.37. The van der Waals surface area contributed by atoms with Crippen LogP contribution in [0.2, 0.25) is 0 Å². The predicted molar refractivity (Wildman–Crippen MR) is 76.3 cm³/mol. The van der Waals surface area contributed by atoms with Crippen molar-refractivity contribution in [2.45, 2.75) is 0 Å². The maximum atomic E-state index is 5.52. The molecule has 0 saturated carbocycles. The van der Waals surface area contributed by atoms with Gasteiger partial charge in [-0.05, 0) is 24.3 Å². The quantitative estimate of drug-likeness (QED) is 0.556. The molecule has 4 nitrogen and oxygen atoms in total. The van der Waals surface area contributed by atoms with Crippen LogP contribution in [0.3, 0.4) is 0 Å². The summed E-state index contributed by atoms with van der Waals surface area (Å²) in [6.07, 6.45) is 13.2. The van der Waals surface area contributed by atoms with Crippen LogP contribution in [-0.4, -0.2) is 19.2 Å². The lowest BCUT2D eigenvalue weighted by Crippen LogP contribution is -1.92. The fraction of sp³-hybridized carbons (Fsp3) is 0.133. The number of hydrogen-bond acceptors (Lipinski definition) is 4. The highest BCUT2D eigenvalue weighted by molar-refractivity contribution is 5.67.